The first-order valence-electron chi connectivity index (χ1n) is 8.09. The van der Waals surface area contributed by atoms with Crippen molar-refractivity contribution >= 4 is 34.2 Å². The molecule has 25 heavy (non-hydrogen) atoms. The van der Waals surface area contributed by atoms with Crippen LogP contribution in [0.25, 0.3) is 17.0 Å². The molecule has 0 radical (unpaired) electrons. The number of nitrogens with one attached hydrogen (secondary N) is 1. The molecular formula is C20H15N3S2. The molecular weight excluding hydrogens is 346 g/mol. The highest BCUT2D eigenvalue weighted by Crippen LogP contribution is 2.37. The number of nitrogens with zero attached hydrogens (tertiary/aromatic N) is 2. The van der Waals surface area contributed by atoms with Crippen molar-refractivity contribution in [2.45, 2.75) is 6.04 Å². The van der Waals surface area contributed by atoms with E-state index in [1.807, 2.05) is 18.2 Å². The molecule has 122 valence electrons. The number of allylic oxidation sites excluding steroid dienone is 1. The first-order valence-corrected chi connectivity index (χ1v) is 9.85. The summed E-state index contributed by atoms with van der Waals surface area (Å²) in [5.74, 6) is 1.03. The van der Waals surface area contributed by atoms with Gasteiger partial charge in [0, 0.05) is 16.5 Å². The second kappa shape index (κ2) is 6.02. The van der Waals surface area contributed by atoms with Crippen molar-refractivity contribution in [2.75, 3.05) is 5.32 Å². The fourth-order valence-corrected chi connectivity index (χ4v) is 4.58. The van der Waals surface area contributed by atoms with Gasteiger partial charge in [0.15, 0.2) is 0 Å². The quantitative estimate of drug-likeness (QED) is 0.505. The molecule has 4 heterocycles. The Morgan fingerprint density at radius 3 is 2.52 bits per heavy atom. The van der Waals surface area contributed by atoms with E-state index in [2.05, 4.69) is 69.3 Å². The Kier molecular flexibility index (Phi) is 3.54. The Hall–Kier alpha value is -2.63. The van der Waals surface area contributed by atoms with E-state index in [4.69, 9.17) is 5.10 Å². The SMILES string of the molecule is C1=C(c2cccs2)Nc2cc(-c3ccccc3)nn2C1c1cccs1. The number of fused-ring (bicyclic) bond motifs is 1. The molecule has 0 aliphatic carbocycles. The number of aromatic nitrogens is 2. The molecule has 1 unspecified atom stereocenters. The summed E-state index contributed by atoms with van der Waals surface area (Å²) in [4.78, 5) is 2.54. The van der Waals surface area contributed by atoms with Crippen molar-refractivity contribution in [1.29, 1.82) is 0 Å². The Labute approximate surface area is 153 Å². The highest BCUT2D eigenvalue weighted by atomic mass is 32.1. The standard InChI is InChI=1S/C20H15N3S2/c1-2-6-14(7-3-1)15-13-20-21-16(18-8-4-10-24-18)12-17(23(20)22-15)19-9-5-11-25-19/h1-13,17,21H. The lowest BCUT2D eigenvalue weighted by atomic mass is 10.1. The summed E-state index contributed by atoms with van der Waals surface area (Å²) in [7, 11) is 0. The van der Waals surface area contributed by atoms with Gasteiger partial charge in [0.1, 0.15) is 11.9 Å². The van der Waals surface area contributed by atoms with Crippen molar-refractivity contribution < 1.29 is 0 Å². The van der Waals surface area contributed by atoms with Crippen LogP contribution in [0.1, 0.15) is 15.8 Å². The van der Waals surface area contributed by atoms with E-state index in [0.717, 1.165) is 22.8 Å². The molecule has 1 N–H and O–H groups in total. The van der Waals surface area contributed by atoms with Crippen LogP contribution in [0, 0.1) is 0 Å². The van der Waals surface area contributed by atoms with Gasteiger partial charge in [-0.3, -0.25) is 0 Å². The molecule has 1 aliphatic heterocycles. The molecule has 5 heteroatoms. The lowest BCUT2D eigenvalue weighted by Gasteiger charge is -2.23. The van der Waals surface area contributed by atoms with Crippen LogP contribution in [-0.4, -0.2) is 9.78 Å². The summed E-state index contributed by atoms with van der Waals surface area (Å²) < 4.78 is 2.09. The number of anilines is 1. The average molecular weight is 361 g/mol. The largest absolute Gasteiger partial charge is 0.339 e. The van der Waals surface area contributed by atoms with Crippen LogP contribution >= 0.6 is 22.7 Å². The number of hydrogen-bond donors (Lipinski definition) is 1. The molecule has 0 saturated carbocycles. The summed E-state index contributed by atoms with van der Waals surface area (Å²) in [6, 6.07) is 21.1. The van der Waals surface area contributed by atoms with E-state index in [9.17, 15) is 0 Å². The monoisotopic (exact) mass is 361 g/mol. The molecule has 5 rings (SSSR count). The maximum atomic E-state index is 4.89. The fraction of sp³-hybridized carbons (Fsp3) is 0.0500. The van der Waals surface area contributed by atoms with Crippen LogP contribution < -0.4 is 5.32 Å². The lowest BCUT2D eigenvalue weighted by molar-refractivity contribution is 0.624. The van der Waals surface area contributed by atoms with E-state index >= 15 is 0 Å². The molecule has 0 amide bonds. The average Bonchev–Trinajstić information content (AvgIpc) is 3.42. The van der Waals surface area contributed by atoms with Gasteiger partial charge in [0.05, 0.1) is 16.3 Å². The first kappa shape index (κ1) is 14.7. The van der Waals surface area contributed by atoms with Crippen LogP contribution in [0.2, 0.25) is 0 Å². The molecule has 0 bridgehead atoms. The third kappa shape index (κ3) is 2.62. The van der Waals surface area contributed by atoms with E-state index in [-0.39, 0.29) is 6.04 Å². The van der Waals surface area contributed by atoms with Crippen molar-refractivity contribution in [1.82, 2.24) is 9.78 Å². The van der Waals surface area contributed by atoms with Crippen molar-refractivity contribution in [3.05, 3.63) is 87.3 Å². The van der Waals surface area contributed by atoms with Crippen molar-refractivity contribution in [2.24, 2.45) is 0 Å². The summed E-state index contributed by atoms with van der Waals surface area (Å²) in [6.07, 6.45) is 2.27. The smallest absolute Gasteiger partial charge is 0.130 e. The van der Waals surface area contributed by atoms with Crippen LogP contribution in [0.15, 0.2) is 77.5 Å². The van der Waals surface area contributed by atoms with Crippen molar-refractivity contribution in [3.8, 4) is 11.3 Å². The summed E-state index contributed by atoms with van der Waals surface area (Å²) >= 11 is 3.52. The van der Waals surface area contributed by atoms with Crippen LogP contribution in [-0.2, 0) is 0 Å². The molecule has 1 aromatic carbocycles. The van der Waals surface area contributed by atoms with E-state index < -0.39 is 0 Å². The second-order valence-corrected chi connectivity index (χ2v) is 7.80. The second-order valence-electron chi connectivity index (χ2n) is 5.87. The zero-order valence-electron chi connectivity index (χ0n) is 13.3. The number of hydrogen-bond acceptors (Lipinski definition) is 4. The number of thiophene rings is 2. The minimum atomic E-state index is 0.116. The minimum absolute atomic E-state index is 0.116. The van der Waals surface area contributed by atoms with Gasteiger partial charge < -0.3 is 5.32 Å². The molecule has 4 aromatic rings. The van der Waals surface area contributed by atoms with E-state index in [1.165, 1.54) is 9.75 Å². The van der Waals surface area contributed by atoms with Gasteiger partial charge in [-0.1, -0.05) is 42.5 Å². The zero-order chi connectivity index (χ0) is 16.6. The normalized spacial score (nSPS) is 16.2. The van der Waals surface area contributed by atoms with Crippen molar-refractivity contribution in [3.63, 3.8) is 0 Å². The molecule has 1 aliphatic rings. The van der Waals surface area contributed by atoms with Gasteiger partial charge in [-0.2, -0.15) is 5.10 Å². The Balaban J connectivity index is 1.63. The van der Waals surface area contributed by atoms with Gasteiger partial charge in [-0.25, -0.2) is 4.68 Å². The van der Waals surface area contributed by atoms with Gasteiger partial charge in [0.25, 0.3) is 0 Å². The lowest BCUT2D eigenvalue weighted by Crippen LogP contribution is -2.18. The van der Waals surface area contributed by atoms with Crippen LogP contribution in [0.3, 0.4) is 0 Å². The number of rotatable bonds is 3. The van der Waals surface area contributed by atoms with Crippen LogP contribution in [0.4, 0.5) is 5.82 Å². The van der Waals surface area contributed by atoms with E-state index in [1.54, 1.807) is 22.7 Å². The Morgan fingerprint density at radius 2 is 1.76 bits per heavy atom. The molecule has 0 saturated heterocycles. The maximum absolute atomic E-state index is 4.89. The number of benzene rings is 1. The first-order chi connectivity index (χ1) is 12.4. The third-order valence-electron chi connectivity index (χ3n) is 4.28. The minimum Gasteiger partial charge on any atom is -0.339 e. The fourth-order valence-electron chi connectivity index (χ4n) is 3.10. The molecule has 0 fully saturated rings. The maximum Gasteiger partial charge on any atom is 0.130 e. The van der Waals surface area contributed by atoms with E-state index in [0.29, 0.717) is 0 Å². The van der Waals surface area contributed by atoms with Gasteiger partial charge in [-0.05, 0) is 29.0 Å². The predicted molar refractivity (Wildman–Crippen MR) is 106 cm³/mol. The third-order valence-corrected chi connectivity index (χ3v) is 6.12. The Morgan fingerprint density at radius 1 is 0.920 bits per heavy atom. The van der Waals surface area contributed by atoms with Gasteiger partial charge in [-0.15, -0.1) is 22.7 Å². The highest BCUT2D eigenvalue weighted by Gasteiger charge is 2.25. The predicted octanol–water partition coefficient (Wildman–Crippen LogP) is 5.73. The van der Waals surface area contributed by atoms with Crippen LogP contribution in [0.5, 0.6) is 0 Å². The summed E-state index contributed by atoms with van der Waals surface area (Å²) in [5, 5.41) is 12.7. The Bertz CT molecular complexity index is 1010. The topological polar surface area (TPSA) is 29.9 Å². The molecule has 0 spiro atoms. The zero-order valence-corrected chi connectivity index (χ0v) is 14.9. The van der Waals surface area contributed by atoms with Gasteiger partial charge >= 0.3 is 0 Å². The summed E-state index contributed by atoms with van der Waals surface area (Å²) in [5.41, 5.74) is 3.28. The molecule has 3 aromatic heterocycles. The summed E-state index contributed by atoms with van der Waals surface area (Å²) in [6.45, 7) is 0. The molecule has 3 nitrogen and oxygen atoms in total. The van der Waals surface area contributed by atoms with Gasteiger partial charge in [0.2, 0.25) is 0 Å². The highest BCUT2D eigenvalue weighted by molar-refractivity contribution is 7.11. The molecule has 1 atom stereocenters.